The van der Waals surface area contributed by atoms with Gasteiger partial charge in [-0.25, -0.2) is 4.39 Å². The molecule has 6 nitrogen and oxygen atoms in total. The van der Waals surface area contributed by atoms with Crippen LogP contribution in [0.5, 0.6) is 0 Å². The van der Waals surface area contributed by atoms with E-state index in [1.807, 2.05) is 24.3 Å². The van der Waals surface area contributed by atoms with Crippen molar-refractivity contribution in [2.45, 2.75) is 31.3 Å². The lowest BCUT2D eigenvalue weighted by atomic mass is 9.99. The van der Waals surface area contributed by atoms with Crippen LogP contribution in [0.4, 0.5) is 10.1 Å². The lowest BCUT2D eigenvalue weighted by Crippen LogP contribution is -2.32. The molecule has 2 atom stereocenters. The summed E-state index contributed by atoms with van der Waals surface area (Å²) in [7, 11) is 1.79. The average molecular weight is 461 g/mol. The van der Waals surface area contributed by atoms with Crippen LogP contribution in [0.2, 0.25) is 0 Å². The number of anilines is 1. The molecule has 3 aromatic rings. The van der Waals surface area contributed by atoms with E-state index in [-0.39, 0.29) is 29.7 Å². The molecule has 0 spiro atoms. The van der Waals surface area contributed by atoms with E-state index in [1.165, 1.54) is 6.07 Å². The summed E-state index contributed by atoms with van der Waals surface area (Å²) in [6.07, 6.45) is 2.63. The fourth-order valence-electron chi connectivity index (χ4n) is 4.14. The minimum atomic E-state index is -0.227. The number of halogens is 1. The number of rotatable bonds is 8. The van der Waals surface area contributed by atoms with Crippen LogP contribution in [0.15, 0.2) is 78.9 Å². The van der Waals surface area contributed by atoms with Crippen molar-refractivity contribution in [3.63, 3.8) is 0 Å². The van der Waals surface area contributed by atoms with E-state index < -0.39 is 0 Å². The van der Waals surface area contributed by atoms with Crippen LogP contribution in [0, 0.1) is 5.82 Å². The largest absolute Gasteiger partial charge is 0.342 e. The van der Waals surface area contributed by atoms with Crippen molar-refractivity contribution in [3.05, 3.63) is 101 Å². The summed E-state index contributed by atoms with van der Waals surface area (Å²) in [5.41, 5.74) is 9.25. The first kappa shape index (κ1) is 23.6. The molecule has 0 aliphatic carbocycles. The Morgan fingerprint density at radius 3 is 2.47 bits per heavy atom. The predicted octanol–water partition coefficient (Wildman–Crippen LogP) is 4.54. The molecule has 0 bridgehead atoms. The van der Waals surface area contributed by atoms with Gasteiger partial charge in [0.05, 0.1) is 0 Å². The highest BCUT2D eigenvalue weighted by molar-refractivity contribution is 6.04. The molecule has 7 heteroatoms. The van der Waals surface area contributed by atoms with Gasteiger partial charge >= 0.3 is 0 Å². The average Bonchev–Trinajstić information content (AvgIpc) is 3.33. The van der Waals surface area contributed by atoms with Crippen LogP contribution in [0.3, 0.4) is 0 Å². The lowest BCUT2D eigenvalue weighted by molar-refractivity contribution is 0.0791. The molecular formula is C27H29FN4O2. The van der Waals surface area contributed by atoms with Gasteiger partial charge < -0.3 is 10.2 Å². The first-order valence-corrected chi connectivity index (χ1v) is 11.5. The number of nitrogens with zero attached hydrogens (tertiary/aromatic N) is 1. The molecular weight excluding hydrogens is 431 g/mol. The van der Waals surface area contributed by atoms with Crippen molar-refractivity contribution in [3.8, 4) is 0 Å². The number of amides is 2. The van der Waals surface area contributed by atoms with E-state index in [4.69, 9.17) is 0 Å². The number of nitrogens with one attached hydrogen (secondary N) is 3. The monoisotopic (exact) mass is 460 g/mol. The third-order valence-electron chi connectivity index (χ3n) is 6.05. The second-order valence-corrected chi connectivity index (χ2v) is 8.60. The molecule has 1 heterocycles. The van der Waals surface area contributed by atoms with E-state index in [0.29, 0.717) is 23.4 Å². The van der Waals surface area contributed by atoms with Gasteiger partial charge in [0, 0.05) is 42.5 Å². The highest BCUT2D eigenvalue weighted by Crippen LogP contribution is 2.24. The van der Waals surface area contributed by atoms with E-state index in [0.717, 1.165) is 24.8 Å². The predicted molar refractivity (Wildman–Crippen MR) is 131 cm³/mol. The van der Waals surface area contributed by atoms with E-state index in [9.17, 15) is 14.0 Å². The third-order valence-corrected chi connectivity index (χ3v) is 6.05. The van der Waals surface area contributed by atoms with Crippen LogP contribution < -0.4 is 16.2 Å². The molecule has 34 heavy (non-hydrogen) atoms. The first-order chi connectivity index (χ1) is 16.5. The van der Waals surface area contributed by atoms with Gasteiger partial charge in [0.25, 0.3) is 11.8 Å². The minimum Gasteiger partial charge on any atom is -0.342 e. The van der Waals surface area contributed by atoms with Crippen LogP contribution in [-0.4, -0.2) is 36.3 Å². The maximum Gasteiger partial charge on any atom is 0.255 e. The number of hydrogen-bond acceptors (Lipinski definition) is 4. The van der Waals surface area contributed by atoms with Gasteiger partial charge in [-0.05, 0) is 73.4 Å². The van der Waals surface area contributed by atoms with Crippen molar-refractivity contribution in [2.24, 2.45) is 0 Å². The van der Waals surface area contributed by atoms with Crippen molar-refractivity contribution >= 4 is 17.5 Å². The molecule has 1 saturated heterocycles. The minimum absolute atomic E-state index is 0.0592. The van der Waals surface area contributed by atoms with Crippen molar-refractivity contribution < 1.29 is 14.0 Å². The summed E-state index contributed by atoms with van der Waals surface area (Å²) in [5, 5.41) is 2.84. The molecule has 0 saturated carbocycles. The van der Waals surface area contributed by atoms with Crippen LogP contribution in [0.1, 0.15) is 51.6 Å². The summed E-state index contributed by atoms with van der Waals surface area (Å²) in [5.74, 6) is -0.475. The molecule has 0 radical (unpaired) electrons. The van der Waals surface area contributed by atoms with E-state index in [1.54, 1.807) is 60.5 Å². The second kappa shape index (κ2) is 11.0. The van der Waals surface area contributed by atoms with Gasteiger partial charge in [-0.2, -0.15) is 0 Å². The topological polar surface area (TPSA) is 73.5 Å². The molecule has 176 valence electrons. The number of carbonyl (C=O) groups is 2. The number of hydrazine groups is 1. The van der Waals surface area contributed by atoms with Gasteiger partial charge in [-0.3, -0.25) is 20.4 Å². The molecule has 3 aromatic carbocycles. The van der Waals surface area contributed by atoms with Crippen molar-refractivity contribution in [2.75, 3.05) is 18.9 Å². The highest BCUT2D eigenvalue weighted by atomic mass is 19.1. The summed E-state index contributed by atoms with van der Waals surface area (Å²) in [6, 6.07) is 22.9. The van der Waals surface area contributed by atoms with E-state index in [2.05, 4.69) is 16.2 Å². The Labute approximate surface area is 199 Å². The number of carbonyl (C=O) groups excluding carboxylic acids is 2. The zero-order valence-corrected chi connectivity index (χ0v) is 19.1. The SMILES string of the molecule is CN(CCCC1CC(c2cccc(F)c2)NN1)C(=O)c1ccc(NC(=O)c2ccccc2)cc1. The highest BCUT2D eigenvalue weighted by Gasteiger charge is 2.25. The Balaban J connectivity index is 1.22. The molecule has 2 unspecified atom stereocenters. The second-order valence-electron chi connectivity index (χ2n) is 8.60. The normalized spacial score (nSPS) is 17.4. The van der Waals surface area contributed by atoms with E-state index >= 15 is 0 Å². The Hall–Kier alpha value is -3.55. The quantitative estimate of drug-likeness (QED) is 0.462. The maximum atomic E-state index is 13.5. The van der Waals surface area contributed by atoms with Gasteiger partial charge in [-0.1, -0.05) is 30.3 Å². The van der Waals surface area contributed by atoms with Crippen LogP contribution in [-0.2, 0) is 0 Å². The van der Waals surface area contributed by atoms with Crippen LogP contribution in [0.25, 0.3) is 0 Å². The van der Waals surface area contributed by atoms with Crippen molar-refractivity contribution in [1.82, 2.24) is 15.8 Å². The fourth-order valence-corrected chi connectivity index (χ4v) is 4.14. The molecule has 1 aliphatic heterocycles. The zero-order valence-electron chi connectivity index (χ0n) is 19.1. The summed E-state index contributed by atoms with van der Waals surface area (Å²) in [6.45, 7) is 0.633. The molecule has 4 rings (SSSR count). The fraction of sp³-hybridized carbons (Fsp3) is 0.259. The van der Waals surface area contributed by atoms with Crippen LogP contribution >= 0.6 is 0 Å². The lowest BCUT2D eigenvalue weighted by Gasteiger charge is -2.18. The summed E-state index contributed by atoms with van der Waals surface area (Å²) in [4.78, 5) is 26.8. The van der Waals surface area contributed by atoms with Crippen molar-refractivity contribution in [1.29, 1.82) is 0 Å². The third kappa shape index (κ3) is 6.07. The molecule has 0 aromatic heterocycles. The maximum absolute atomic E-state index is 13.5. The van der Waals surface area contributed by atoms with Gasteiger partial charge in [0.15, 0.2) is 0 Å². The number of hydrogen-bond donors (Lipinski definition) is 3. The zero-order chi connectivity index (χ0) is 23.9. The Morgan fingerprint density at radius 1 is 0.971 bits per heavy atom. The Kier molecular flexibility index (Phi) is 7.67. The van der Waals surface area contributed by atoms with Gasteiger partial charge in [0.2, 0.25) is 0 Å². The summed E-state index contributed by atoms with van der Waals surface area (Å²) < 4.78 is 13.5. The number of benzene rings is 3. The standard InChI is InChI=1S/C27H29FN4O2/c1-32(16-6-11-24-18-25(31-30-24)21-9-5-10-22(28)17-21)27(34)20-12-14-23(15-13-20)29-26(33)19-7-3-2-4-8-19/h2-5,7-10,12-15,17,24-25,30-31H,6,11,16,18H2,1H3,(H,29,33). The smallest absolute Gasteiger partial charge is 0.255 e. The van der Waals surface area contributed by atoms with Gasteiger partial charge in [0.1, 0.15) is 5.82 Å². The molecule has 3 N–H and O–H groups in total. The summed E-state index contributed by atoms with van der Waals surface area (Å²) >= 11 is 0. The Bertz CT molecular complexity index is 1120. The molecule has 2 amide bonds. The van der Waals surface area contributed by atoms with Gasteiger partial charge in [-0.15, -0.1) is 0 Å². The Morgan fingerprint density at radius 2 is 1.74 bits per heavy atom. The molecule has 1 fully saturated rings. The molecule has 1 aliphatic rings. The first-order valence-electron chi connectivity index (χ1n) is 11.5.